The lowest BCUT2D eigenvalue weighted by atomic mass is 10.2. The highest BCUT2D eigenvalue weighted by Gasteiger charge is 2.09. The monoisotopic (exact) mass is 294 g/mol. The Morgan fingerprint density at radius 1 is 1.21 bits per heavy atom. The van der Waals surface area contributed by atoms with Crippen LogP contribution in [0.25, 0.3) is 0 Å². The minimum Gasteiger partial charge on any atom is -0.389 e. The Morgan fingerprint density at radius 3 is 2.37 bits per heavy atom. The van der Waals surface area contributed by atoms with Gasteiger partial charge in [-0.15, -0.1) is 0 Å². The van der Waals surface area contributed by atoms with Crippen LogP contribution < -0.4 is 10.6 Å². The van der Waals surface area contributed by atoms with Crippen LogP contribution in [0.4, 0.5) is 15.8 Å². The Labute approximate surface area is 121 Å². The molecule has 0 aliphatic heterocycles. The van der Waals surface area contributed by atoms with Crippen LogP contribution in [0.2, 0.25) is 5.02 Å². The molecule has 0 saturated carbocycles. The van der Waals surface area contributed by atoms with Gasteiger partial charge >= 0.3 is 0 Å². The van der Waals surface area contributed by atoms with E-state index in [0.717, 1.165) is 16.9 Å². The highest BCUT2D eigenvalue weighted by molar-refractivity contribution is 7.80. The van der Waals surface area contributed by atoms with Gasteiger partial charge in [0.2, 0.25) is 0 Å². The molecule has 98 valence electrons. The number of anilines is 2. The van der Waals surface area contributed by atoms with Gasteiger partial charge in [0.05, 0.1) is 10.7 Å². The molecule has 0 radical (unpaired) electrons. The lowest BCUT2D eigenvalue weighted by Gasteiger charge is -2.21. The van der Waals surface area contributed by atoms with Crippen molar-refractivity contribution in [3.05, 3.63) is 58.9 Å². The van der Waals surface area contributed by atoms with Crippen molar-refractivity contribution in [3.8, 4) is 0 Å². The van der Waals surface area contributed by atoms with Crippen molar-refractivity contribution >= 4 is 40.2 Å². The first-order valence-corrected chi connectivity index (χ1v) is 6.36. The van der Waals surface area contributed by atoms with Gasteiger partial charge in [0, 0.05) is 18.3 Å². The van der Waals surface area contributed by atoms with E-state index in [1.807, 2.05) is 24.1 Å². The number of halogens is 2. The van der Waals surface area contributed by atoms with Crippen molar-refractivity contribution in [1.82, 2.24) is 0 Å². The second-order valence-corrected chi connectivity index (χ2v) is 4.91. The number of nitrogens with two attached hydrogens (primary N) is 1. The molecule has 0 spiro atoms. The number of hydrogen-bond donors (Lipinski definition) is 1. The van der Waals surface area contributed by atoms with Crippen LogP contribution in [0.5, 0.6) is 0 Å². The quantitative estimate of drug-likeness (QED) is 0.871. The summed E-state index contributed by atoms with van der Waals surface area (Å²) < 4.78 is 12.9. The summed E-state index contributed by atoms with van der Waals surface area (Å²) in [6.45, 7) is 0. The number of hydrogen-bond acceptors (Lipinski definition) is 2. The molecule has 0 saturated heterocycles. The summed E-state index contributed by atoms with van der Waals surface area (Å²) in [5, 5.41) is 0.539. The Morgan fingerprint density at radius 2 is 1.84 bits per heavy atom. The molecule has 2 rings (SSSR count). The van der Waals surface area contributed by atoms with E-state index in [9.17, 15) is 4.39 Å². The third-order valence-corrected chi connectivity index (χ3v) is 3.35. The smallest absolute Gasteiger partial charge is 0.123 e. The summed E-state index contributed by atoms with van der Waals surface area (Å²) >= 11 is 11.1. The van der Waals surface area contributed by atoms with E-state index >= 15 is 0 Å². The second-order valence-electron chi connectivity index (χ2n) is 4.07. The van der Waals surface area contributed by atoms with Crippen molar-refractivity contribution in [2.45, 2.75) is 0 Å². The zero-order chi connectivity index (χ0) is 14.0. The number of nitrogens with zero attached hydrogens (tertiary/aromatic N) is 1. The van der Waals surface area contributed by atoms with Crippen LogP contribution in [0.15, 0.2) is 42.5 Å². The Bertz CT molecular complexity index is 613. The second kappa shape index (κ2) is 5.55. The van der Waals surface area contributed by atoms with Crippen LogP contribution in [0.1, 0.15) is 5.56 Å². The van der Waals surface area contributed by atoms with Gasteiger partial charge in [-0.25, -0.2) is 4.39 Å². The van der Waals surface area contributed by atoms with Crippen molar-refractivity contribution in [2.75, 3.05) is 11.9 Å². The molecular formula is C14H12ClFN2S. The fraction of sp³-hybridized carbons (Fsp3) is 0.0714. The fourth-order valence-corrected chi connectivity index (χ4v) is 2.17. The summed E-state index contributed by atoms with van der Waals surface area (Å²) in [6.07, 6.45) is 0. The van der Waals surface area contributed by atoms with Crippen molar-refractivity contribution in [3.63, 3.8) is 0 Å². The third kappa shape index (κ3) is 3.03. The zero-order valence-electron chi connectivity index (χ0n) is 10.2. The first kappa shape index (κ1) is 13.8. The van der Waals surface area contributed by atoms with Gasteiger partial charge in [-0.3, -0.25) is 0 Å². The van der Waals surface area contributed by atoms with Gasteiger partial charge < -0.3 is 10.6 Å². The lowest BCUT2D eigenvalue weighted by Crippen LogP contribution is -2.12. The molecule has 0 atom stereocenters. The minimum atomic E-state index is -0.271. The topological polar surface area (TPSA) is 29.3 Å². The van der Waals surface area contributed by atoms with Crippen LogP contribution >= 0.6 is 23.8 Å². The third-order valence-electron chi connectivity index (χ3n) is 2.81. The van der Waals surface area contributed by atoms with E-state index in [0.29, 0.717) is 10.0 Å². The molecule has 2 aromatic carbocycles. The predicted molar refractivity (Wildman–Crippen MR) is 81.8 cm³/mol. The molecule has 0 bridgehead atoms. The summed E-state index contributed by atoms with van der Waals surface area (Å²) in [6, 6.07) is 11.6. The van der Waals surface area contributed by atoms with E-state index in [4.69, 9.17) is 29.6 Å². The van der Waals surface area contributed by atoms with Crippen molar-refractivity contribution in [1.29, 1.82) is 0 Å². The zero-order valence-corrected chi connectivity index (χ0v) is 11.8. The fourth-order valence-electron chi connectivity index (χ4n) is 1.74. The van der Waals surface area contributed by atoms with Gasteiger partial charge in [-0.05, 0) is 42.5 Å². The number of thiocarbonyl (C=S) groups is 1. The first-order valence-electron chi connectivity index (χ1n) is 5.57. The average molecular weight is 295 g/mol. The molecule has 2 N–H and O–H groups in total. The molecule has 2 aromatic rings. The molecule has 19 heavy (non-hydrogen) atoms. The van der Waals surface area contributed by atoms with Gasteiger partial charge in [-0.1, -0.05) is 23.8 Å². The molecule has 0 heterocycles. The maximum atomic E-state index is 12.9. The van der Waals surface area contributed by atoms with Crippen LogP contribution in [0, 0.1) is 5.82 Å². The number of rotatable bonds is 3. The lowest BCUT2D eigenvalue weighted by molar-refractivity contribution is 0.628. The van der Waals surface area contributed by atoms with Crippen molar-refractivity contribution < 1.29 is 4.39 Å². The Hall–Kier alpha value is -1.65. The molecule has 0 aromatic heterocycles. The van der Waals surface area contributed by atoms with E-state index in [2.05, 4.69) is 0 Å². The van der Waals surface area contributed by atoms with E-state index in [1.54, 1.807) is 18.2 Å². The molecule has 0 unspecified atom stereocenters. The molecule has 0 aliphatic rings. The molecule has 0 amide bonds. The van der Waals surface area contributed by atoms with E-state index in [-0.39, 0.29) is 5.82 Å². The molecular weight excluding hydrogens is 283 g/mol. The SMILES string of the molecule is CN(c1ccc(F)cc1)c1ccc(C(N)=S)cc1Cl. The highest BCUT2D eigenvalue weighted by atomic mass is 35.5. The van der Waals surface area contributed by atoms with Crippen LogP contribution in [-0.4, -0.2) is 12.0 Å². The Kier molecular flexibility index (Phi) is 4.02. The van der Waals surface area contributed by atoms with E-state index < -0.39 is 0 Å². The molecule has 0 aliphatic carbocycles. The minimum absolute atomic E-state index is 0.271. The van der Waals surface area contributed by atoms with Gasteiger partial charge in [-0.2, -0.15) is 0 Å². The summed E-state index contributed by atoms with van der Waals surface area (Å²) in [5.41, 5.74) is 7.91. The average Bonchev–Trinajstić information content (AvgIpc) is 2.38. The Balaban J connectivity index is 2.36. The number of benzene rings is 2. The standard InChI is InChI=1S/C14H12ClFN2S/c1-18(11-5-3-10(16)4-6-11)13-7-2-9(14(17)19)8-12(13)15/h2-8H,1H3,(H2,17,19). The largest absolute Gasteiger partial charge is 0.389 e. The van der Waals surface area contributed by atoms with Gasteiger partial charge in [0.25, 0.3) is 0 Å². The summed E-state index contributed by atoms with van der Waals surface area (Å²) in [7, 11) is 1.86. The summed E-state index contributed by atoms with van der Waals surface area (Å²) in [5.74, 6) is -0.271. The first-order chi connectivity index (χ1) is 8.99. The van der Waals surface area contributed by atoms with Gasteiger partial charge in [0.1, 0.15) is 10.8 Å². The molecule has 0 fully saturated rings. The van der Waals surface area contributed by atoms with E-state index in [1.165, 1.54) is 12.1 Å². The highest BCUT2D eigenvalue weighted by Crippen LogP contribution is 2.31. The molecule has 5 heteroatoms. The predicted octanol–water partition coefficient (Wildman–Crippen LogP) is 3.88. The molecule has 2 nitrogen and oxygen atoms in total. The van der Waals surface area contributed by atoms with Crippen LogP contribution in [0.3, 0.4) is 0 Å². The maximum Gasteiger partial charge on any atom is 0.123 e. The summed E-state index contributed by atoms with van der Waals surface area (Å²) in [4.78, 5) is 2.17. The van der Waals surface area contributed by atoms with Gasteiger partial charge in [0.15, 0.2) is 0 Å². The normalized spacial score (nSPS) is 10.3. The maximum absolute atomic E-state index is 12.9. The van der Waals surface area contributed by atoms with Crippen molar-refractivity contribution in [2.24, 2.45) is 5.73 Å². The van der Waals surface area contributed by atoms with Crippen LogP contribution in [-0.2, 0) is 0 Å².